The van der Waals surface area contributed by atoms with E-state index in [0.717, 1.165) is 219 Å². The van der Waals surface area contributed by atoms with Gasteiger partial charge in [-0.05, 0) is 177 Å². The molecule has 23 rings (SSSR count). The van der Waals surface area contributed by atoms with E-state index in [1.165, 1.54) is 18.2 Å². The first-order valence-electron chi connectivity index (χ1n) is 48.1. The SMILES string of the molecule is COc1ccc(CNc2nc3nc(C(C)F)cc(C4CCOCC4)n3n2)cc1.COc1cccc(-n2cc(CNc3nc4nc(C)cc(C5CCOCC5)n4n3)cn2)c1.Cc1cc(C2CCOCC2)n2nc(NCc3cc(-c4ccccc4)no3)nc2n1.Cc1cc(C2CCOCC2)n2nc(NCc3ccccc3)nc2n1.Cc1cc(C2CCOCC2)n2nc(NCc3cnn(-c4ccccc4)c3)nc2n1. The molecule has 5 saturated heterocycles. The highest BCUT2D eigenvalue weighted by molar-refractivity contribution is 5.59. The summed E-state index contributed by atoms with van der Waals surface area (Å²) < 4.78 is 70.3. The number of aromatic nitrogens is 25. The molecular weight excluding hydrogens is 1790 g/mol. The third kappa shape index (κ3) is 23.9. The second kappa shape index (κ2) is 45.2. The second-order valence-corrected chi connectivity index (χ2v) is 35.4. The van der Waals surface area contributed by atoms with Gasteiger partial charge in [0.25, 0.3) is 28.9 Å². The van der Waals surface area contributed by atoms with E-state index in [2.05, 4.69) is 154 Å². The van der Waals surface area contributed by atoms with Crippen LogP contribution in [0.25, 0.3) is 51.5 Å². The number of ether oxygens (including phenoxy) is 7. The van der Waals surface area contributed by atoms with E-state index >= 15 is 0 Å². The number of para-hydroxylation sites is 1. The highest BCUT2D eigenvalue weighted by Crippen LogP contribution is 2.35. The molecule has 141 heavy (non-hydrogen) atoms. The Morgan fingerprint density at radius 2 is 0.674 bits per heavy atom. The Morgan fingerprint density at radius 3 is 1.06 bits per heavy atom. The average molecular weight is 1910 g/mol. The lowest BCUT2D eigenvalue weighted by molar-refractivity contribution is 0.0839. The minimum atomic E-state index is -1.16. The van der Waals surface area contributed by atoms with Crippen molar-refractivity contribution in [2.75, 3.05) is 107 Å². The number of nitrogens with one attached hydrogen (secondary N) is 5. The van der Waals surface area contributed by atoms with Crippen molar-refractivity contribution in [2.24, 2.45) is 0 Å². The molecule has 0 amide bonds. The van der Waals surface area contributed by atoms with Crippen molar-refractivity contribution in [3.05, 3.63) is 286 Å². The van der Waals surface area contributed by atoms with Gasteiger partial charge in [0.15, 0.2) is 5.76 Å². The van der Waals surface area contributed by atoms with E-state index in [1.54, 1.807) is 18.7 Å². The number of halogens is 1. The van der Waals surface area contributed by atoms with Crippen molar-refractivity contribution in [3.63, 3.8) is 0 Å². The van der Waals surface area contributed by atoms with Crippen LogP contribution in [0.15, 0.2) is 205 Å². The zero-order valence-corrected chi connectivity index (χ0v) is 80.0. The molecule has 0 bridgehead atoms. The predicted octanol–water partition coefficient (Wildman–Crippen LogP) is 16.5. The van der Waals surface area contributed by atoms with E-state index in [-0.39, 0.29) is 5.92 Å². The van der Waals surface area contributed by atoms with Gasteiger partial charge in [-0.15, -0.1) is 25.5 Å². The second-order valence-electron chi connectivity index (χ2n) is 35.4. The highest BCUT2D eigenvalue weighted by atomic mass is 19.1. The zero-order valence-electron chi connectivity index (χ0n) is 80.0. The molecule has 728 valence electrons. The third-order valence-corrected chi connectivity index (χ3v) is 25.3. The molecule has 0 spiro atoms. The van der Waals surface area contributed by atoms with Crippen LogP contribution in [0.4, 0.5) is 34.1 Å². The van der Waals surface area contributed by atoms with Gasteiger partial charge in [-0.25, -0.2) is 38.7 Å². The number of hydrogen-bond donors (Lipinski definition) is 5. The standard InChI is InChI=1S/C22H25N7O2.C21H23N7O.C21H22N6O2.C20H24FN5O2.C18H21N5O/c1-15-10-20(17-6-8-31-9-7-17)29-22(25-15)26-21(27-29)23-12-16-13-24-28(14-16)18-4-3-5-19(11-18)30-2;1-15-11-19(17-7-9-29-10-8-17)28-21(24-15)25-20(26-28)22-12-16-13-23-27(14-16)18-5-3-2-4-6-18;1-14-11-19(16-7-9-28-10-8-16)27-21(23-14)24-20(25-27)22-13-17-12-18(26-29-17)15-5-3-2-4-6-15;1-13(21)17-11-18(15-7-9-28-10-8-15)26-20(23-17)24-19(25-26)22-12-14-3-5-16(27-2)6-4-14;1-13-11-16(15-7-9-24-10-8-15)23-18(20-13)21-17(22-23)19-12-14-5-3-2-4-6-14/h3-5,10-11,13-14,17H,6-9,12H2,1-2H3,(H,23,27);2-6,11,13-14,17H,7-10,12H2,1H3,(H,22,26);2-6,11-12,16H,7-10,13H2,1H3,(H,22,25);3-6,11,13,15H,7-10,12H2,1-2H3,(H,22,25);2-6,11,15H,7-10,12H2,1H3,(H,19,22). The molecule has 0 saturated carbocycles. The Kier molecular flexibility index (Phi) is 30.4. The summed E-state index contributed by atoms with van der Waals surface area (Å²) in [4.78, 5) is 45.2. The van der Waals surface area contributed by atoms with Crippen LogP contribution >= 0.6 is 0 Å². The van der Waals surface area contributed by atoms with Crippen LogP contribution in [0.1, 0.15) is 192 Å². The predicted molar refractivity (Wildman–Crippen MR) is 528 cm³/mol. The molecule has 0 aliphatic carbocycles. The summed E-state index contributed by atoms with van der Waals surface area (Å²) in [7, 11) is 3.30. The fraction of sp³-hybridized carbons (Fsp3) is 0.373. The molecule has 38 nitrogen and oxygen atoms in total. The van der Waals surface area contributed by atoms with E-state index < -0.39 is 6.17 Å². The van der Waals surface area contributed by atoms with Crippen LogP contribution in [-0.4, -0.2) is 203 Å². The molecular formula is C102H115FN30O8. The Hall–Kier alpha value is -15.2. The normalized spacial score (nSPS) is 15.3. The Morgan fingerprint density at radius 1 is 0.340 bits per heavy atom. The molecule has 18 aromatic rings. The van der Waals surface area contributed by atoms with Crippen molar-refractivity contribution in [2.45, 2.75) is 167 Å². The fourth-order valence-electron chi connectivity index (χ4n) is 17.9. The van der Waals surface area contributed by atoms with Gasteiger partial charge < -0.3 is 64.3 Å². The summed E-state index contributed by atoms with van der Waals surface area (Å²) in [6.45, 7) is 20.1. The maximum Gasteiger partial charge on any atom is 0.254 e. The fourth-order valence-corrected chi connectivity index (χ4v) is 17.9. The largest absolute Gasteiger partial charge is 0.497 e. The first-order valence-corrected chi connectivity index (χ1v) is 48.1. The van der Waals surface area contributed by atoms with Crippen LogP contribution in [-0.2, 0) is 56.4 Å². The lowest BCUT2D eigenvalue weighted by Crippen LogP contribution is -2.18. The molecule has 39 heteroatoms. The first kappa shape index (κ1) is 94.8. The molecule has 5 fully saturated rings. The van der Waals surface area contributed by atoms with Gasteiger partial charge in [-0.2, -0.15) is 57.7 Å². The van der Waals surface area contributed by atoms with E-state index in [4.69, 9.17) is 37.7 Å². The number of rotatable bonds is 26. The first-order chi connectivity index (χ1) is 69.1. The number of benzene rings is 5. The van der Waals surface area contributed by atoms with Gasteiger partial charge in [0.05, 0.1) is 78.7 Å². The summed E-state index contributed by atoms with van der Waals surface area (Å²) in [5, 5.41) is 52.6. The maximum atomic E-state index is 14.0. The van der Waals surface area contributed by atoms with Crippen LogP contribution in [0.5, 0.6) is 11.5 Å². The van der Waals surface area contributed by atoms with Gasteiger partial charge in [0.1, 0.15) is 23.4 Å². The number of alkyl halides is 1. The van der Waals surface area contributed by atoms with Gasteiger partial charge >= 0.3 is 0 Å². The zero-order chi connectivity index (χ0) is 96.3. The van der Waals surface area contributed by atoms with Gasteiger partial charge in [-0.3, -0.25) is 0 Å². The minimum absolute atomic E-state index is 0.257. The number of aryl methyl sites for hydroxylation is 4. The van der Waals surface area contributed by atoms with Crippen molar-refractivity contribution in [1.82, 2.24) is 123 Å². The van der Waals surface area contributed by atoms with Crippen LogP contribution in [0.3, 0.4) is 0 Å². The Bertz CT molecular complexity index is 6960. The van der Waals surface area contributed by atoms with Crippen molar-refractivity contribution >= 4 is 58.6 Å². The van der Waals surface area contributed by atoms with Crippen LogP contribution < -0.4 is 36.1 Å². The average Bonchev–Trinajstić information content (AvgIpc) is 1.67. The third-order valence-electron chi connectivity index (χ3n) is 25.3. The molecule has 18 heterocycles. The molecule has 5 aliphatic heterocycles. The van der Waals surface area contributed by atoms with Crippen LogP contribution in [0, 0.1) is 27.7 Å². The molecule has 5 aromatic carbocycles. The highest BCUT2D eigenvalue weighted by Gasteiger charge is 2.29. The lowest BCUT2D eigenvalue weighted by atomic mass is 9.95. The van der Waals surface area contributed by atoms with Crippen molar-refractivity contribution in [3.8, 4) is 34.1 Å². The Balaban J connectivity index is 0.000000112. The van der Waals surface area contributed by atoms with Gasteiger partial charge in [0, 0.05) is 186 Å². The number of hydrogen-bond acceptors (Lipinski definition) is 31. The maximum absolute atomic E-state index is 14.0. The number of anilines is 5. The summed E-state index contributed by atoms with van der Waals surface area (Å²) in [5.74, 6) is 9.96. The molecule has 5 N–H and O–H groups in total. The lowest BCUT2D eigenvalue weighted by Gasteiger charge is -2.23. The summed E-state index contributed by atoms with van der Waals surface area (Å²) in [5.41, 5.74) is 18.0. The topological polar surface area (TPSA) is 402 Å². The van der Waals surface area contributed by atoms with E-state index in [1.807, 2.05) is 219 Å². The van der Waals surface area contributed by atoms with Gasteiger partial charge in [0.2, 0.25) is 29.7 Å². The van der Waals surface area contributed by atoms with Crippen LogP contribution in [0.2, 0.25) is 0 Å². The monoisotopic (exact) mass is 1910 g/mol. The van der Waals surface area contributed by atoms with E-state index in [9.17, 15) is 4.39 Å². The molecule has 1 unspecified atom stereocenters. The molecule has 13 aromatic heterocycles. The quantitative estimate of drug-likeness (QED) is 0.0336. The molecule has 5 aliphatic rings. The van der Waals surface area contributed by atoms with Crippen molar-refractivity contribution in [1.29, 1.82) is 0 Å². The smallest absolute Gasteiger partial charge is 0.254 e. The number of nitrogens with zero attached hydrogens (tertiary/aromatic N) is 25. The van der Waals surface area contributed by atoms with E-state index in [0.29, 0.717) is 134 Å². The van der Waals surface area contributed by atoms with Gasteiger partial charge in [-0.1, -0.05) is 102 Å². The summed E-state index contributed by atoms with van der Waals surface area (Å²) in [6.07, 6.45) is 16.3. The summed E-state index contributed by atoms with van der Waals surface area (Å²) in [6, 6.07) is 58.0. The Labute approximate surface area is 813 Å². The van der Waals surface area contributed by atoms with Crippen molar-refractivity contribution < 1.29 is 42.1 Å². The number of methoxy groups -OCH3 is 2. The molecule has 0 radical (unpaired) electrons. The number of fused-ring (bicyclic) bond motifs is 5. The molecule has 1 atom stereocenters. The minimum Gasteiger partial charge on any atom is -0.497 e. The summed E-state index contributed by atoms with van der Waals surface area (Å²) >= 11 is 0.